The summed E-state index contributed by atoms with van der Waals surface area (Å²) in [6, 6.07) is 21.4. The van der Waals surface area contributed by atoms with E-state index in [4.69, 9.17) is 23.2 Å². The van der Waals surface area contributed by atoms with Crippen LogP contribution in [0.3, 0.4) is 0 Å². The lowest BCUT2D eigenvalue weighted by atomic mass is 9.95. The highest BCUT2D eigenvalue weighted by Gasteiger charge is 2.36. The second kappa shape index (κ2) is 7.90. The number of anilines is 1. The Labute approximate surface area is 179 Å². The molecule has 29 heavy (non-hydrogen) atoms. The Kier molecular flexibility index (Phi) is 5.31. The Morgan fingerprint density at radius 3 is 2.38 bits per heavy atom. The first-order chi connectivity index (χ1) is 14.0. The molecule has 1 heterocycles. The smallest absolute Gasteiger partial charge is 0.256 e. The van der Waals surface area contributed by atoms with Crippen molar-refractivity contribution in [3.8, 4) is 0 Å². The SMILES string of the molecule is CN1C(=O)CN(C(=O)c2ccccc2Cl)C(c2ccccc2)c2cc(Cl)ccc21. The first-order valence-electron chi connectivity index (χ1n) is 9.14. The van der Waals surface area contributed by atoms with Crippen LogP contribution in [0.15, 0.2) is 72.8 Å². The molecule has 1 atom stereocenters. The summed E-state index contributed by atoms with van der Waals surface area (Å²) in [5, 5.41) is 0.887. The van der Waals surface area contributed by atoms with Crippen LogP contribution in [0.25, 0.3) is 0 Å². The lowest BCUT2D eigenvalue weighted by Gasteiger charge is -2.31. The minimum Gasteiger partial charge on any atom is -0.318 e. The molecular formula is C23H18Cl2N2O2. The van der Waals surface area contributed by atoms with Crippen LogP contribution in [-0.4, -0.2) is 30.3 Å². The molecule has 6 heteroatoms. The maximum atomic E-state index is 13.5. The summed E-state index contributed by atoms with van der Waals surface area (Å²) in [7, 11) is 1.71. The van der Waals surface area contributed by atoms with Gasteiger partial charge in [0.2, 0.25) is 5.91 Å². The van der Waals surface area contributed by atoms with Crippen molar-refractivity contribution < 1.29 is 9.59 Å². The Balaban J connectivity index is 1.94. The van der Waals surface area contributed by atoms with Gasteiger partial charge in [0.15, 0.2) is 0 Å². The summed E-state index contributed by atoms with van der Waals surface area (Å²) in [6.45, 7) is -0.0770. The molecule has 0 spiro atoms. The van der Waals surface area contributed by atoms with Gasteiger partial charge in [0.1, 0.15) is 6.54 Å². The molecule has 1 aliphatic rings. The van der Waals surface area contributed by atoms with E-state index in [1.54, 1.807) is 47.2 Å². The topological polar surface area (TPSA) is 40.6 Å². The standard InChI is InChI=1S/C23H18Cl2N2O2/c1-26-20-12-11-16(24)13-18(20)22(15-7-3-2-4-8-15)27(14-21(26)28)23(29)17-9-5-6-10-19(17)25/h2-13,22H,14H2,1H3. The van der Waals surface area contributed by atoms with Crippen LogP contribution in [0.4, 0.5) is 5.69 Å². The Morgan fingerprint density at radius 2 is 1.66 bits per heavy atom. The van der Waals surface area contributed by atoms with Crippen molar-refractivity contribution in [1.82, 2.24) is 4.90 Å². The second-order valence-corrected chi connectivity index (χ2v) is 7.73. The van der Waals surface area contributed by atoms with E-state index in [0.29, 0.717) is 15.6 Å². The molecule has 0 N–H and O–H groups in total. The van der Waals surface area contributed by atoms with Gasteiger partial charge in [-0.3, -0.25) is 9.59 Å². The third-order valence-corrected chi connectivity index (χ3v) is 5.68. The van der Waals surface area contributed by atoms with Gasteiger partial charge in [-0.1, -0.05) is 65.7 Å². The second-order valence-electron chi connectivity index (χ2n) is 6.88. The molecule has 1 aliphatic heterocycles. The zero-order valence-corrected chi connectivity index (χ0v) is 17.2. The van der Waals surface area contributed by atoms with Crippen molar-refractivity contribution in [3.63, 3.8) is 0 Å². The van der Waals surface area contributed by atoms with Crippen molar-refractivity contribution in [2.75, 3.05) is 18.5 Å². The largest absolute Gasteiger partial charge is 0.318 e. The van der Waals surface area contributed by atoms with E-state index in [-0.39, 0.29) is 18.4 Å². The molecule has 0 saturated carbocycles. The molecule has 146 valence electrons. The van der Waals surface area contributed by atoms with Gasteiger partial charge < -0.3 is 9.80 Å². The quantitative estimate of drug-likeness (QED) is 0.566. The zero-order chi connectivity index (χ0) is 20.5. The molecule has 0 fully saturated rings. The van der Waals surface area contributed by atoms with E-state index in [9.17, 15) is 9.59 Å². The van der Waals surface area contributed by atoms with Crippen molar-refractivity contribution in [2.24, 2.45) is 0 Å². The van der Waals surface area contributed by atoms with Gasteiger partial charge in [0.25, 0.3) is 5.91 Å². The van der Waals surface area contributed by atoms with Crippen LogP contribution in [-0.2, 0) is 4.79 Å². The van der Waals surface area contributed by atoms with Gasteiger partial charge in [0, 0.05) is 23.3 Å². The Hall–Kier alpha value is -2.82. The molecule has 4 nitrogen and oxygen atoms in total. The third-order valence-electron chi connectivity index (χ3n) is 5.12. The van der Waals surface area contributed by atoms with Crippen LogP contribution < -0.4 is 4.90 Å². The first kappa shape index (κ1) is 19.5. The number of carbonyl (C=O) groups is 2. The predicted octanol–water partition coefficient (Wildman–Crippen LogP) is 5.20. The van der Waals surface area contributed by atoms with Gasteiger partial charge in [-0.05, 0) is 35.9 Å². The highest BCUT2D eigenvalue weighted by molar-refractivity contribution is 6.34. The number of hydrogen-bond acceptors (Lipinski definition) is 2. The molecule has 4 rings (SSSR count). The summed E-state index contributed by atoms with van der Waals surface area (Å²) < 4.78 is 0. The number of nitrogens with zero attached hydrogens (tertiary/aromatic N) is 2. The Bertz CT molecular complexity index is 1090. The minimum absolute atomic E-state index is 0.0770. The van der Waals surface area contributed by atoms with Crippen LogP contribution in [0.1, 0.15) is 27.5 Å². The lowest BCUT2D eigenvalue weighted by molar-refractivity contribution is -0.119. The average molecular weight is 425 g/mol. The minimum atomic E-state index is -0.484. The van der Waals surface area contributed by atoms with Crippen molar-refractivity contribution >= 4 is 40.7 Å². The third kappa shape index (κ3) is 3.61. The maximum Gasteiger partial charge on any atom is 0.256 e. The van der Waals surface area contributed by atoms with Crippen molar-refractivity contribution in [2.45, 2.75) is 6.04 Å². The van der Waals surface area contributed by atoms with E-state index >= 15 is 0 Å². The molecule has 0 saturated heterocycles. The highest BCUT2D eigenvalue weighted by Crippen LogP contribution is 2.40. The zero-order valence-electron chi connectivity index (χ0n) is 15.7. The number of likely N-dealkylation sites (N-methyl/N-ethyl adjacent to an activating group) is 1. The molecule has 3 aromatic rings. The highest BCUT2D eigenvalue weighted by atomic mass is 35.5. The van der Waals surface area contributed by atoms with E-state index in [1.165, 1.54) is 0 Å². The summed E-state index contributed by atoms with van der Waals surface area (Å²) in [5.74, 6) is -0.494. The van der Waals surface area contributed by atoms with E-state index in [2.05, 4.69) is 0 Å². The lowest BCUT2D eigenvalue weighted by Crippen LogP contribution is -2.40. The number of fused-ring (bicyclic) bond motifs is 1. The fourth-order valence-corrected chi connectivity index (χ4v) is 4.07. The van der Waals surface area contributed by atoms with E-state index < -0.39 is 6.04 Å². The van der Waals surface area contributed by atoms with Crippen LogP contribution in [0.2, 0.25) is 10.0 Å². The van der Waals surface area contributed by atoms with Gasteiger partial charge in [-0.25, -0.2) is 0 Å². The number of benzene rings is 3. The monoisotopic (exact) mass is 424 g/mol. The molecule has 0 bridgehead atoms. The van der Waals surface area contributed by atoms with Gasteiger partial charge in [-0.2, -0.15) is 0 Å². The number of halogens is 2. The van der Waals surface area contributed by atoms with Crippen LogP contribution in [0, 0.1) is 0 Å². The number of rotatable bonds is 2. The fourth-order valence-electron chi connectivity index (χ4n) is 3.67. The number of amides is 2. The number of carbonyl (C=O) groups excluding carboxylic acids is 2. The number of hydrogen-bond donors (Lipinski definition) is 0. The van der Waals surface area contributed by atoms with Gasteiger partial charge >= 0.3 is 0 Å². The van der Waals surface area contributed by atoms with E-state index in [0.717, 1.165) is 16.8 Å². The molecule has 1 unspecified atom stereocenters. The van der Waals surface area contributed by atoms with Crippen LogP contribution in [0.5, 0.6) is 0 Å². The molecule has 3 aromatic carbocycles. The van der Waals surface area contributed by atoms with Crippen LogP contribution >= 0.6 is 23.2 Å². The van der Waals surface area contributed by atoms with Crippen molar-refractivity contribution in [3.05, 3.63) is 99.5 Å². The molecule has 0 radical (unpaired) electrons. The van der Waals surface area contributed by atoms with Gasteiger partial charge in [-0.15, -0.1) is 0 Å². The molecule has 0 aliphatic carbocycles. The maximum absolute atomic E-state index is 13.5. The molecular weight excluding hydrogens is 407 g/mol. The normalized spacial score (nSPS) is 16.4. The Morgan fingerprint density at radius 1 is 0.966 bits per heavy atom. The molecule has 2 amide bonds. The summed E-state index contributed by atoms with van der Waals surface area (Å²) in [5.41, 5.74) is 2.76. The molecule has 0 aromatic heterocycles. The summed E-state index contributed by atoms with van der Waals surface area (Å²) in [4.78, 5) is 29.6. The predicted molar refractivity (Wildman–Crippen MR) is 116 cm³/mol. The first-order valence-corrected chi connectivity index (χ1v) is 9.89. The van der Waals surface area contributed by atoms with E-state index in [1.807, 2.05) is 42.5 Å². The average Bonchev–Trinajstić information content (AvgIpc) is 2.83. The van der Waals surface area contributed by atoms with Gasteiger partial charge in [0.05, 0.1) is 16.6 Å². The summed E-state index contributed by atoms with van der Waals surface area (Å²) in [6.07, 6.45) is 0. The fraction of sp³-hybridized carbons (Fsp3) is 0.130. The van der Waals surface area contributed by atoms with Crippen molar-refractivity contribution in [1.29, 1.82) is 0 Å². The summed E-state index contributed by atoms with van der Waals surface area (Å²) >= 11 is 12.6.